The Hall–Kier alpha value is -2.55. The Balaban J connectivity index is 1.23. The van der Waals surface area contributed by atoms with Crippen molar-refractivity contribution in [2.24, 2.45) is 0 Å². The number of fused-ring (bicyclic) bond motifs is 1. The van der Waals surface area contributed by atoms with Gasteiger partial charge in [-0.05, 0) is 50.3 Å². The maximum atomic E-state index is 12.6. The molecule has 2 aromatic rings. The van der Waals surface area contributed by atoms with E-state index in [1.54, 1.807) is 6.07 Å². The number of benzene rings is 1. The Kier molecular flexibility index (Phi) is 7.68. The molecule has 0 unspecified atom stereocenters. The third-order valence-electron chi connectivity index (χ3n) is 6.56. The van der Waals surface area contributed by atoms with Gasteiger partial charge in [-0.3, -0.25) is 9.69 Å². The van der Waals surface area contributed by atoms with Gasteiger partial charge in [0.05, 0.1) is 6.10 Å². The molecule has 1 aliphatic carbocycles. The first-order valence-corrected chi connectivity index (χ1v) is 11.6. The van der Waals surface area contributed by atoms with Gasteiger partial charge in [-0.2, -0.15) is 0 Å². The normalized spacial score (nSPS) is 22.1. The maximum Gasteiger partial charge on any atom is 0.270 e. The van der Waals surface area contributed by atoms with Crippen LogP contribution >= 0.6 is 0 Å². The van der Waals surface area contributed by atoms with Gasteiger partial charge >= 0.3 is 0 Å². The van der Waals surface area contributed by atoms with Crippen molar-refractivity contribution in [1.29, 1.82) is 0 Å². The number of hydrogen-bond acceptors (Lipinski definition) is 7. The number of carbonyl (C=O) groups excluding carboxylic acids is 1. The molecule has 2 heterocycles. The van der Waals surface area contributed by atoms with Crippen molar-refractivity contribution in [1.82, 2.24) is 25.5 Å². The zero-order valence-corrected chi connectivity index (χ0v) is 18.8. The number of anilines is 1. The van der Waals surface area contributed by atoms with Gasteiger partial charge in [0.2, 0.25) is 0 Å². The largest absolute Gasteiger partial charge is 0.390 e. The number of aromatic nitrogens is 2. The number of amides is 1. The van der Waals surface area contributed by atoms with Crippen molar-refractivity contribution in [3.05, 3.63) is 53.5 Å². The van der Waals surface area contributed by atoms with E-state index >= 15 is 0 Å². The maximum absolute atomic E-state index is 12.6. The molecule has 0 radical (unpaired) electrons. The molecule has 1 amide bonds. The molecule has 0 spiro atoms. The molecule has 1 aromatic carbocycles. The highest BCUT2D eigenvalue weighted by Gasteiger charge is 2.21. The van der Waals surface area contributed by atoms with Crippen LogP contribution in [0, 0.1) is 0 Å². The molecular formula is C24H34N6O2. The lowest BCUT2D eigenvalue weighted by molar-refractivity contribution is 0.0838. The van der Waals surface area contributed by atoms with Crippen LogP contribution in [0.1, 0.15) is 47.3 Å². The monoisotopic (exact) mass is 438 g/mol. The molecule has 1 aromatic heterocycles. The van der Waals surface area contributed by atoms with E-state index in [0.29, 0.717) is 30.1 Å². The number of nitrogens with zero attached hydrogens (tertiary/aromatic N) is 3. The second-order valence-electron chi connectivity index (χ2n) is 8.89. The Morgan fingerprint density at radius 3 is 2.69 bits per heavy atom. The Morgan fingerprint density at radius 1 is 1.16 bits per heavy atom. The van der Waals surface area contributed by atoms with Crippen LogP contribution in [0.4, 0.5) is 5.82 Å². The first-order valence-electron chi connectivity index (χ1n) is 11.6. The molecule has 32 heavy (non-hydrogen) atoms. The van der Waals surface area contributed by atoms with Crippen LogP contribution in [0.15, 0.2) is 36.7 Å². The molecule has 4 N–H and O–H groups in total. The third kappa shape index (κ3) is 6.03. The van der Waals surface area contributed by atoms with Crippen LogP contribution in [0.5, 0.6) is 0 Å². The van der Waals surface area contributed by atoms with E-state index in [1.165, 1.54) is 17.5 Å². The molecular weight excluding hydrogens is 404 g/mol. The van der Waals surface area contributed by atoms with Crippen molar-refractivity contribution in [3.63, 3.8) is 0 Å². The van der Waals surface area contributed by atoms with Crippen LogP contribution < -0.4 is 16.0 Å². The molecule has 0 bridgehead atoms. The first kappa shape index (κ1) is 22.6. The van der Waals surface area contributed by atoms with E-state index in [0.717, 1.165) is 45.2 Å². The van der Waals surface area contributed by atoms with E-state index in [1.807, 2.05) is 7.05 Å². The number of carbonyl (C=O) groups is 1. The fourth-order valence-electron chi connectivity index (χ4n) is 4.67. The van der Waals surface area contributed by atoms with Crippen molar-refractivity contribution in [2.75, 3.05) is 32.0 Å². The van der Waals surface area contributed by atoms with Crippen LogP contribution in [0.25, 0.3) is 0 Å². The van der Waals surface area contributed by atoms with E-state index in [9.17, 15) is 9.90 Å². The average Bonchev–Trinajstić information content (AvgIpc) is 2.83. The highest BCUT2D eigenvalue weighted by atomic mass is 16.3. The Morgan fingerprint density at radius 2 is 1.91 bits per heavy atom. The quantitative estimate of drug-likeness (QED) is 0.496. The number of β-amino-alcohol motifs (C(OH)–C–C–N with tert-alkyl or cyclic N) is 1. The smallest absolute Gasteiger partial charge is 0.270 e. The summed E-state index contributed by atoms with van der Waals surface area (Å²) >= 11 is 0. The topological polar surface area (TPSA) is 102 Å². The van der Waals surface area contributed by atoms with Crippen molar-refractivity contribution in [2.45, 2.75) is 56.8 Å². The standard InChI is InChI=1S/C24H34N6O2/c1-25-19-6-8-20(9-7-19)29-23-12-22(27-16-28-23)24(32)26-13-21(31)15-30-11-10-17-4-2-3-5-18(17)14-30/h2-5,12,16,19-21,25,31H,6-11,13-15H2,1H3,(H,26,32)(H,27,28,29)/t19-,20+,21-/m0/s1. The molecule has 4 rings (SSSR count). The molecule has 1 aliphatic heterocycles. The highest BCUT2D eigenvalue weighted by Crippen LogP contribution is 2.21. The molecule has 172 valence electrons. The SMILES string of the molecule is CN[C@H]1CC[C@@H](Nc2cc(C(=O)NC[C@H](O)CN3CCc4ccccc4C3)ncn2)CC1. The molecule has 1 fully saturated rings. The predicted molar refractivity (Wildman–Crippen MR) is 125 cm³/mol. The number of aliphatic hydroxyl groups excluding tert-OH is 1. The lowest BCUT2D eigenvalue weighted by Gasteiger charge is -2.30. The molecule has 1 atom stereocenters. The van der Waals surface area contributed by atoms with Gasteiger partial charge < -0.3 is 21.1 Å². The van der Waals surface area contributed by atoms with Crippen molar-refractivity contribution < 1.29 is 9.90 Å². The molecule has 8 nitrogen and oxygen atoms in total. The van der Waals surface area contributed by atoms with E-state index in [2.05, 4.69) is 55.1 Å². The average molecular weight is 439 g/mol. The summed E-state index contributed by atoms with van der Waals surface area (Å²) in [4.78, 5) is 23.2. The summed E-state index contributed by atoms with van der Waals surface area (Å²) in [5, 5.41) is 20.0. The lowest BCUT2D eigenvalue weighted by Crippen LogP contribution is -2.42. The van der Waals surface area contributed by atoms with Gasteiger partial charge in [0.1, 0.15) is 17.8 Å². The van der Waals surface area contributed by atoms with Gasteiger partial charge in [-0.1, -0.05) is 24.3 Å². The van der Waals surface area contributed by atoms with Crippen molar-refractivity contribution in [3.8, 4) is 0 Å². The number of nitrogens with one attached hydrogen (secondary N) is 3. The summed E-state index contributed by atoms with van der Waals surface area (Å²) in [6, 6.07) is 11.1. The Labute approximate surface area is 189 Å². The van der Waals surface area contributed by atoms with Gasteiger partial charge in [0.25, 0.3) is 5.91 Å². The van der Waals surface area contributed by atoms with Crippen LogP contribution in [-0.2, 0) is 13.0 Å². The van der Waals surface area contributed by atoms with Crippen LogP contribution in [0.2, 0.25) is 0 Å². The van der Waals surface area contributed by atoms with E-state index in [-0.39, 0.29) is 12.5 Å². The summed E-state index contributed by atoms with van der Waals surface area (Å²) in [5.74, 6) is 0.378. The van der Waals surface area contributed by atoms with Gasteiger partial charge in [-0.15, -0.1) is 0 Å². The predicted octanol–water partition coefficient (Wildman–Crippen LogP) is 1.57. The first-order chi connectivity index (χ1) is 15.6. The molecule has 1 saturated carbocycles. The number of aliphatic hydroxyl groups is 1. The van der Waals surface area contributed by atoms with Gasteiger partial charge in [-0.25, -0.2) is 9.97 Å². The minimum absolute atomic E-state index is 0.192. The van der Waals surface area contributed by atoms with Gasteiger partial charge in [0.15, 0.2) is 0 Å². The highest BCUT2D eigenvalue weighted by molar-refractivity contribution is 5.92. The van der Waals surface area contributed by atoms with E-state index < -0.39 is 6.10 Å². The Bertz CT molecular complexity index is 900. The van der Waals surface area contributed by atoms with Gasteiger partial charge in [0, 0.05) is 44.3 Å². The zero-order valence-electron chi connectivity index (χ0n) is 18.8. The summed E-state index contributed by atoms with van der Waals surface area (Å²) in [7, 11) is 2.01. The van der Waals surface area contributed by atoms with Crippen LogP contribution in [-0.4, -0.2) is 70.8 Å². The zero-order chi connectivity index (χ0) is 22.3. The molecule has 8 heteroatoms. The summed E-state index contributed by atoms with van der Waals surface area (Å²) in [6.45, 7) is 2.47. The summed E-state index contributed by atoms with van der Waals surface area (Å²) < 4.78 is 0. The number of hydrogen-bond donors (Lipinski definition) is 4. The van der Waals surface area contributed by atoms with Crippen LogP contribution in [0.3, 0.4) is 0 Å². The third-order valence-corrected chi connectivity index (χ3v) is 6.56. The fraction of sp³-hybridized carbons (Fsp3) is 0.542. The summed E-state index contributed by atoms with van der Waals surface area (Å²) in [5.41, 5.74) is 3.01. The molecule has 0 saturated heterocycles. The lowest BCUT2D eigenvalue weighted by atomic mass is 9.91. The second kappa shape index (κ2) is 10.8. The van der Waals surface area contributed by atoms with E-state index in [4.69, 9.17) is 0 Å². The minimum atomic E-state index is -0.633. The van der Waals surface area contributed by atoms with Crippen molar-refractivity contribution >= 4 is 11.7 Å². The second-order valence-corrected chi connectivity index (χ2v) is 8.89. The minimum Gasteiger partial charge on any atom is -0.390 e. The fourth-order valence-corrected chi connectivity index (χ4v) is 4.67. The molecule has 2 aliphatic rings. The number of rotatable bonds is 8. The summed E-state index contributed by atoms with van der Waals surface area (Å²) in [6.07, 6.45) is 6.18.